The Labute approximate surface area is 138 Å². The second kappa shape index (κ2) is 6.43. The molecule has 23 heavy (non-hydrogen) atoms. The number of sulfone groups is 1. The summed E-state index contributed by atoms with van der Waals surface area (Å²) >= 11 is 1.65. The molecule has 1 N–H and O–H groups in total. The fourth-order valence-electron chi connectivity index (χ4n) is 1.97. The molecule has 1 aromatic carbocycles. The Bertz CT molecular complexity index is 891. The molecule has 0 amide bonds. The third-order valence-electron chi connectivity index (χ3n) is 3.14. The molecule has 0 aliphatic rings. The lowest BCUT2D eigenvalue weighted by molar-refractivity contribution is 0.602. The number of benzene rings is 1. The van der Waals surface area contributed by atoms with Crippen LogP contribution in [0.2, 0.25) is 0 Å². The summed E-state index contributed by atoms with van der Waals surface area (Å²) in [6, 6.07) is 10.6. The van der Waals surface area contributed by atoms with Crippen LogP contribution in [0.5, 0.6) is 0 Å². The molecule has 0 spiro atoms. The zero-order valence-corrected chi connectivity index (χ0v) is 13.9. The lowest BCUT2D eigenvalue weighted by atomic mass is 10.2. The molecule has 0 bridgehead atoms. The molecule has 3 rings (SSSR count). The average Bonchev–Trinajstić information content (AvgIpc) is 3.06. The average molecular weight is 346 g/mol. The Morgan fingerprint density at radius 2 is 1.96 bits per heavy atom. The first-order chi connectivity index (χ1) is 11.0. The van der Waals surface area contributed by atoms with Crippen molar-refractivity contribution in [1.82, 2.24) is 15.2 Å². The van der Waals surface area contributed by atoms with Gasteiger partial charge < -0.3 is 5.32 Å². The molecule has 0 atom stereocenters. The first-order valence-corrected chi connectivity index (χ1v) is 9.56. The molecule has 0 aliphatic carbocycles. The topological polar surface area (TPSA) is 84.8 Å². The Morgan fingerprint density at radius 3 is 2.61 bits per heavy atom. The van der Waals surface area contributed by atoms with Crippen LogP contribution in [0.25, 0.3) is 11.3 Å². The number of thiophene rings is 1. The molecule has 0 saturated carbocycles. The van der Waals surface area contributed by atoms with Crippen molar-refractivity contribution in [2.24, 2.45) is 0 Å². The van der Waals surface area contributed by atoms with Crippen LogP contribution in [0.15, 0.2) is 52.9 Å². The molecular formula is C15H14N4O2S2. The lowest BCUT2D eigenvalue weighted by Gasteiger charge is -2.05. The number of anilines is 1. The summed E-state index contributed by atoms with van der Waals surface area (Å²) < 4.78 is 23.0. The predicted molar refractivity (Wildman–Crippen MR) is 90.0 cm³/mol. The number of aromatic nitrogens is 3. The van der Waals surface area contributed by atoms with Gasteiger partial charge in [0.2, 0.25) is 5.95 Å². The van der Waals surface area contributed by atoms with Gasteiger partial charge in [0.1, 0.15) is 0 Å². The van der Waals surface area contributed by atoms with Crippen LogP contribution < -0.4 is 5.32 Å². The third kappa shape index (κ3) is 3.91. The van der Waals surface area contributed by atoms with Gasteiger partial charge in [-0.25, -0.2) is 13.4 Å². The summed E-state index contributed by atoms with van der Waals surface area (Å²) in [4.78, 5) is 5.86. The summed E-state index contributed by atoms with van der Waals surface area (Å²) in [5, 5.41) is 13.0. The summed E-state index contributed by atoms with van der Waals surface area (Å²) in [7, 11) is -3.20. The van der Waals surface area contributed by atoms with Gasteiger partial charge in [-0.2, -0.15) is 5.10 Å². The molecule has 118 valence electrons. The molecular weight excluding hydrogens is 332 g/mol. The second-order valence-electron chi connectivity index (χ2n) is 4.89. The van der Waals surface area contributed by atoms with Crippen molar-refractivity contribution in [3.8, 4) is 11.3 Å². The first kappa shape index (κ1) is 15.6. The minimum atomic E-state index is -3.20. The van der Waals surface area contributed by atoms with E-state index in [1.165, 1.54) is 11.1 Å². The summed E-state index contributed by atoms with van der Waals surface area (Å²) in [6.45, 7) is 0.635. The van der Waals surface area contributed by atoms with Crippen LogP contribution in [0.3, 0.4) is 0 Å². The molecule has 0 radical (unpaired) electrons. The van der Waals surface area contributed by atoms with Crippen LogP contribution in [-0.4, -0.2) is 29.9 Å². The fourth-order valence-corrected chi connectivity index (χ4v) is 3.24. The maximum absolute atomic E-state index is 11.5. The Balaban J connectivity index is 1.79. The van der Waals surface area contributed by atoms with Crippen LogP contribution in [-0.2, 0) is 16.4 Å². The highest BCUT2D eigenvalue weighted by atomic mass is 32.2. The normalized spacial score (nSPS) is 11.3. The van der Waals surface area contributed by atoms with Gasteiger partial charge in [0, 0.05) is 16.7 Å². The molecule has 0 fully saturated rings. The first-order valence-electron chi connectivity index (χ1n) is 6.79. The molecule has 2 aromatic heterocycles. The number of nitrogens with one attached hydrogen (secondary N) is 1. The lowest BCUT2D eigenvalue weighted by Crippen LogP contribution is -2.04. The number of hydrogen-bond acceptors (Lipinski definition) is 7. The Morgan fingerprint density at radius 1 is 1.17 bits per heavy atom. The minimum absolute atomic E-state index is 0.277. The Kier molecular flexibility index (Phi) is 4.35. The van der Waals surface area contributed by atoms with E-state index in [1.54, 1.807) is 41.8 Å². The smallest absolute Gasteiger partial charge is 0.243 e. The van der Waals surface area contributed by atoms with Crippen LogP contribution >= 0.6 is 11.3 Å². The maximum atomic E-state index is 11.5. The van der Waals surface area contributed by atoms with Gasteiger partial charge >= 0.3 is 0 Å². The molecule has 0 aliphatic heterocycles. The van der Waals surface area contributed by atoms with E-state index in [4.69, 9.17) is 0 Å². The highest BCUT2D eigenvalue weighted by molar-refractivity contribution is 7.90. The van der Waals surface area contributed by atoms with Crippen molar-refractivity contribution >= 4 is 27.1 Å². The van der Waals surface area contributed by atoms with Crippen LogP contribution in [0.4, 0.5) is 5.95 Å². The summed E-state index contributed by atoms with van der Waals surface area (Å²) in [5.41, 5.74) is 1.42. The van der Waals surface area contributed by atoms with Gasteiger partial charge in [-0.15, -0.1) is 16.4 Å². The second-order valence-corrected chi connectivity index (χ2v) is 7.94. The minimum Gasteiger partial charge on any atom is -0.348 e. The van der Waals surface area contributed by atoms with E-state index in [0.717, 1.165) is 5.56 Å². The van der Waals surface area contributed by atoms with E-state index in [2.05, 4.69) is 20.5 Å². The van der Waals surface area contributed by atoms with Crippen molar-refractivity contribution in [3.63, 3.8) is 0 Å². The van der Waals surface area contributed by atoms with Crippen molar-refractivity contribution in [3.05, 3.63) is 52.9 Å². The van der Waals surface area contributed by atoms with Gasteiger partial charge in [0.25, 0.3) is 0 Å². The number of rotatable bonds is 5. The highest BCUT2D eigenvalue weighted by Gasteiger charge is 2.08. The SMILES string of the molecule is CS(=O)(=O)c1ccc(-c2cnnc(NCc3cccs3)n2)cc1. The maximum Gasteiger partial charge on any atom is 0.243 e. The van der Waals surface area contributed by atoms with Crippen molar-refractivity contribution in [1.29, 1.82) is 0 Å². The quantitative estimate of drug-likeness (QED) is 0.764. The van der Waals surface area contributed by atoms with E-state index in [0.29, 0.717) is 18.2 Å². The molecule has 2 heterocycles. The van der Waals surface area contributed by atoms with Gasteiger partial charge in [0.15, 0.2) is 9.84 Å². The number of hydrogen-bond donors (Lipinski definition) is 1. The molecule has 0 unspecified atom stereocenters. The van der Waals surface area contributed by atoms with Gasteiger partial charge in [-0.05, 0) is 23.6 Å². The Hall–Kier alpha value is -2.32. The zero-order valence-electron chi connectivity index (χ0n) is 12.3. The highest BCUT2D eigenvalue weighted by Crippen LogP contribution is 2.20. The van der Waals surface area contributed by atoms with Crippen molar-refractivity contribution < 1.29 is 8.42 Å². The molecule has 0 saturated heterocycles. The van der Waals surface area contributed by atoms with E-state index in [9.17, 15) is 8.42 Å². The van der Waals surface area contributed by atoms with Crippen molar-refractivity contribution in [2.45, 2.75) is 11.4 Å². The molecule has 8 heteroatoms. The van der Waals surface area contributed by atoms with Crippen LogP contribution in [0.1, 0.15) is 4.88 Å². The predicted octanol–water partition coefficient (Wildman–Crippen LogP) is 2.62. The van der Waals surface area contributed by atoms with E-state index >= 15 is 0 Å². The van der Waals surface area contributed by atoms with E-state index in [-0.39, 0.29) is 4.90 Å². The van der Waals surface area contributed by atoms with Crippen LogP contribution in [0, 0.1) is 0 Å². The summed E-state index contributed by atoms with van der Waals surface area (Å²) in [5.74, 6) is 0.433. The zero-order chi connectivity index (χ0) is 16.3. The monoisotopic (exact) mass is 346 g/mol. The summed E-state index contributed by atoms with van der Waals surface area (Å²) in [6.07, 6.45) is 2.73. The fraction of sp³-hybridized carbons (Fsp3) is 0.133. The number of nitrogens with zero attached hydrogens (tertiary/aromatic N) is 3. The third-order valence-corrected chi connectivity index (χ3v) is 5.14. The molecule has 6 nitrogen and oxygen atoms in total. The van der Waals surface area contributed by atoms with E-state index < -0.39 is 9.84 Å². The largest absolute Gasteiger partial charge is 0.348 e. The molecule has 3 aromatic rings. The van der Waals surface area contributed by atoms with Gasteiger partial charge in [0.05, 0.1) is 23.3 Å². The van der Waals surface area contributed by atoms with E-state index in [1.807, 2.05) is 17.5 Å². The standard InChI is InChI=1S/C15H14N4O2S2/c1-23(20,21)13-6-4-11(5-7-13)14-10-17-19-15(18-14)16-9-12-3-2-8-22-12/h2-8,10H,9H2,1H3,(H,16,18,19). The van der Waals surface area contributed by atoms with Crippen molar-refractivity contribution in [2.75, 3.05) is 11.6 Å². The van der Waals surface area contributed by atoms with Gasteiger partial charge in [-0.3, -0.25) is 0 Å². The van der Waals surface area contributed by atoms with Gasteiger partial charge in [-0.1, -0.05) is 18.2 Å².